The lowest BCUT2D eigenvalue weighted by Crippen LogP contribution is -2.34. The molecule has 4 nitrogen and oxygen atoms in total. The third-order valence-electron chi connectivity index (χ3n) is 3.67. The number of halogens is 1. The maximum absolute atomic E-state index is 11.2. The van der Waals surface area contributed by atoms with E-state index >= 15 is 0 Å². The van der Waals surface area contributed by atoms with E-state index in [-0.39, 0.29) is 10.6 Å². The molecule has 0 aliphatic carbocycles. The fourth-order valence-electron chi connectivity index (χ4n) is 2.77. The van der Waals surface area contributed by atoms with E-state index in [9.17, 15) is 10.1 Å². The Labute approximate surface area is 115 Å². The fraction of sp³-hybridized carbons (Fsp3) is 0.538. The number of anilines is 1. The van der Waals surface area contributed by atoms with E-state index < -0.39 is 0 Å². The summed E-state index contributed by atoms with van der Waals surface area (Å²) < 4.78 is 0.748. The van der Waals surface area contributed by atoms with Gasteiger partial charge >= 0.3 is 0 Å². The molecule has 1 aliphatic heterocycles. The average Bonchev–Trinajstić information content (AvgIpc) is 2.70. The molecule has 0 amide bonds. The molecule has 2 rings (SSSR count). The average molecular weight is 313 g/mol. The van der Waals surface area contributed by atoms with Gasteiger partial charge in [-0.2, -0.15) is 0 Å². The van der Waals surface area contributed by atoms with E-state index in [4.69, 9.17) is 0 Å². The predicted molar refractivity (Wildman–Crippen MR) is 76.1 cm³/mol. The Morgan fingerprint density at radius 1 is 1.50 bits per heavy atom. The number of hydrogen-bond acceptors (Lipinski definition) is 3. The molecule has 2 unspecified atom stereocenters. The van der Waals surface area contributed by atoms with Crippen LogP contribution in [0, 0.1) is 10.1 Å². The van der Waals surface area contributed by atoms with Crippen molar-refractivity contribution in [3.63, 3.8) is 0 Å². The molecule has 1 saturated heterocycles. The third-order valence-corrected chi connectivity index (χ3v) is 4.16. The highest BCUT2D eigenvalue weighted by molar-refractivity contribution is 9.10. The van der Waals surface area contributed by atoms with Crippen LogP contribution in [0.15, 0.2) is 22.7 Å². The highest BCUT2D eigenvalue weighted by atomic mass is 79.9. The highest BCUT2D eigenvalue weighted by Gasteiger charge is 2.33. The maximum Gasteiger partial charge on any atom is 0.293 e. The molecule has 1 heterocycles. The molecule has 0 saturated carbocycles. The van der Waals surface area contributed by atoms with Crippen molar-refractivity contribution in [1.29, 1.82) is 0 Å². The first-order chi connectivity index (χ1) is 8.54. The Kier molecular flexibility index (Phi) is 3.90. The zero-order valence-electron chi connectivity index (χ0n) is 10.6. The summed E-state index contributed by atoms with van der Waals surface area (Å²) in [5, 5.41) is 11.2. The van der Waals surface area contributed by atoms with E-state index in [1.54, 1.807) is 6.07 Å². The molecule has 1 fully saturated rings. The normalized spacial score (nSPS) is 23.4. The fourth-order valence-corrected chi connectivity index (χ4v) is 3.12. The van der Waals surface area contributed by atoms with Gasteiger partial charge in [0.05, 0.1) is 4.92 Å². The van der Waals surface area contributed by atoms with Crippen LogP contribution >= 0.6 is 15.9 Å². The van der Waals surface area contributed by atoms with Crippen molar-refractivity contribution in [2.45, 2.75) is 45.2 Å². The number of nitro groups is 1. The van der Waals surface area contributed by atoms with Crippen molar-refractivity contribution in [3.05, 3.63) is 32.8 Å². The monoisotopic (exact) mass is 312 g/mol. The van der Waals surface area contributed by atoms with Crippen LogP contribution in [0.25, 0.3) is 0 Å². The minimum Gasteiger partial charge on any atom is -0.360 e. The summed E-state index contributed by atoms with van der Waals surface area (Å²) >= 11 is 3.30. The lowest BCUT2D eigenvalue weighted by Gasteiger charge is -2.29. The molecule has 18 heavy (non-hydrogen) atoms. The van der Waals surface area contributed by atoms with Gasteiger partial charge in [-0.05, 0) is 38.3 Å². The standard InChI is InChI=1S/C13H17BrN2O2/c1-3-11-6-4-9(2)15(11)12-7-5-10(14)8-13(12)16(17)18/h5,7-9,11H,3-4,6H2,1-2H3. The number of hydrogen-bond donors (Lipinski definition) is 0. The third kappa shape index (κ3) is 2.36. The van der Waals surface area contributed by atoms with Gasteiger partial charge in [0.15, 0.2) is 0 Å². The first-order valence-corrected chi connectivity index (χ1v) is 7.06. The molecule has 1 aromatic carbocycles. The summed E-state index contributed by atoms with van der Waals surface area (Å²) in [6.45, 7) is 4.28. The molecule has 1 aromatic rings. The van der Waals surface area contributed by atoms with Gasteiger partial charge in [-0.3, -0.25) is 10.1 Å². The SMILES string of the molecule is CCC1CCC(C)N1c1ccc(Br)cc1[N+](=O)[O-]. The molecule has 0 radical (unpaired) electrons. The second kappa shape index (κ2) is 5.26. The van der Waals surface area contributed by atoms with Gasteiger partial charge in [-0.25, -0.2) is 0 Å². The second-order valence-corrected chi connectivity index (χ2v) is 5.70. The number of benzene rings is 1. The van der Waals surface area contributed by atoms with Gasteiger partial charge in [0.1, 0.15) is 5.69 Å². The quantitative estimate of drug-likeness (QED) is 0.623. The number of nitrogens with zero attached hydrogens (tertiary/aromatic N) is 2. The van der Waals surface area contributed by atoms with Gasteiger partial charge in [-0.1, -0.05) is 22.9 Å². The molecule has 0 N–H and O–H groups in total. The molecule has 0 aromatic heterocycles. The lowest BCUT2D eigenvalue weighted by molar-refractivity contribution is -0.384. The molecule has 98 valence electrons. The molecule has 0 bridgehead atoms. The van der Waals surface area contributed by atoms with Crippen LogP contribution in [0.4, 0.5) is 11.4 Å². The Hall–Kier alpha value is -1.10. The number of rotatable bonds is 3. The highest BCUT2D eigenvalue weighted by Crippen LogP contribution is 2.38. The first-order valence-electron chi connectivity index (χ1n) is 6.26. The predicted octanol–water partition coefficient (Wildman–Crippen LogP) is 4.12. The van der Waals surface area contributed by atoms with Crippen molar-refractivity contribution in [2.75, 3.05) is 4.90 Å². The van der Waals surface area contributed by atoms with Gasteiger partial charge in [0.25, 0.3) is 5.69 Å². The summed E-state index contributed by atoms with van der Waals surface area (Å²) in [5.41, 5.74) is 0.941. The summed E-state index contributed by atoms with van der Waals surface area (Å²) in [7, 11) is 0. The molecule has 0 spiro atoms. The van der Waals surface area contributed by atoms with Crippen LogP contribution in [0.2, 0.25) is 0 Å². The van der Waals surface area contributed by atoms with E-state index in [1.165, 1.54) is 0 Å². The Morgan fingerprint density at radius 3 is 2.83 bits per heavy atom. The Balaban J connectivity index is 2.46. The molecule has 2 atom stereocenters. The number of nitro benzene ring substituents is 1. The second-order valence-electron chi connectivity index (χ2n) is 4.79. The summed E-state index contributed by atoms with van der Waals surface area (Å²) in [4.78, 5) is 13.1. The van der Waals surface area contributed by atoms with Crippen LogP contribution < -0.4 is 4.90 Å². The summed E-state index contributed by atoms with van der Waals surface area (Å²) in [6, 6.07) is 6.11. The van der Waals surface area contributed by atoms with Crippen molar-refractivity contribution in [3.8, 4) is 0 Å². The minimum atomic E-state index is -0.294. The molecule has 5 heteroatoms. The van der Waals surface area contributed by atoms with Gasteiger partial charge in [-0.15, -0.1) is 0 Å². The van der Waals surface area contributed by atoms with Crippen LogP contribution in [-0.4, -0.2) is 17.0 Å². The smallest absolute Gasteiger partial charge is 0.293 e. The van der Waals surface area contributed by atoms with Crippen LogP contribution in [0.5, 0.6) is 0 Å². The molecule has 1 aliphatic rings. The molecular formula is C13H17BrN2O2. The molecular weight excluding hydrogens is 296 g/mol. The lowest BCUT2D eigenvalue weighted by atomic mass is 10.1. The van der Waals surface area contributed by atoms with E-state index in [2.05, 4.69) is 34.7 Å². The van der Waals surface area contributed by atoms with E-state index in [0.717, 1.165) is 29.4 Å². The zero-order valence-corrected chi connectivity index (χ0v) is 12.2. The van der Waals surface area contributed by atoms with Gasteiger partial charge in [0.2, 0.25) is 0 Å². The Morgan fingerprint density at radius 2 is 2.22 bits per heavy atom. The van der Waals surface area contributed by atoms with E-state index in [0.29, 0.717) is 12.1 Å². The van der Waals surface area contributed by atoms with Crippen LogP contribution in [0.3, 0.4) is 0 Å². The summed E-state index contributed by atoms with van der Waals surface area (Å²) in [5.74, 6) is 0. The summed E-state index contributed by atoms with van der Waals surface area (Å²) in [6.07, 6.45) is 3.24. The van der Waals surface area contributed by atoms with Crippen molar-refractivity contribution < 1.29 is 4.92 Å². The van der Waals surface area contributed by atoms with Crippen molar-refractivity contribution in [1.82, 2.24) is 0 Å². The Bertz CT molecular complexity index is 464. The topological polar surface area (TPSA) is 46.4 Å². The van der Waals surface area contributed by atoms with Crippen molar-refractivity contribution in [2.24, 2.45) is 0 Å². The van der Waals surface area contributed by atoms with Crippen LogP contribution in [-0.2, 0) is 0 Å². The first kappa shape index (κ1) is 13.3. The minimum absolute atomic E-state index is 0.191. The zero-order chi connectivity index (χ0) is 13.3. The largest absolute Gasteiger partial charge is 0.360 e. The van der Waals surface area contributed by atoms with Crippen LogP contribution in [0.1, 0.15) is 33.1 Å². The van der Waals surface area contributed by atoms with Crippen molar-refractivity contribution >= 4 is 27.3 Å². The van der Waals surface area contributed by atoms with Gasteiger partial charge < -0.3 is 4.90 Å². The van der Waals surface area contributed by atoms with Gasteiger partial charge in [0, 0.05) is 22.6 Å². The van der Waals surface area contributed by atoms with E-state index in [1.807, 2.05) is 12.1 Å². The maximum atomic E-state index is 11.2.